The van der Waals surface area contributed by atoms with Crippen molar-refractivity contribution in [2.45, 2.75) is 25.7 Å². The quantitative estimate of drug-likeness (QED) is 0.296. The average molecular weight is 185 g/mol. The van der Waals surface area contributed by atoms with Gasteiger partial charge < -0.3 is 15.8 Å². The summed E-state index contributed by atoms with van der Waals surface area (Å²) in [6.07, 6.45) is 4.45. The molecule has 13 heavy (non-hydrogen) atoms. The minimum absolute atomic E-state index is 0.0712. The van der Waals surface area contributed by atoms with Crippen molar-refractivity contribution in [1.29, 1.82) is 0 Å². The Morgan fingerprint density at radius 2 is 2.00 bits per heavy atom. The highest BCUT2D eigenvalue weighted by Gasteiger charge is 2.38. The van der Waals surface area contributed by atoms with Crippen LogP contribution in [0.5, 0.6) is 0 Å². The maximum absolute atomic E-state index is 8.72. The Hall–Kier alpha value is -0.770. The van der Waals surface area contributed by atoms with Gasteiger partial charge in [0.1, 0.15) is 5.84 Å². The summed E-state index contributed by atoms with van der Waals surface area (Å²) in [5.41, 5.74) is 5.66. The van der Waals surface area contributed by atoms with Crippen LogP contribution in [0.4, 0.5) is 0 Å². The number of nitrogens with two attached hydrogens (primary N) is 1. The van der Waals surface area contributed by atoms with Gasteiger partial charge in [0.2, 0.25) is 0 Å². The third-order valence-corrected chi connectivity index (χ3v) is 2.83. The molecule has 4 nitrogen and oxygen atoms in total. The summed E-state index contributed by atoms with van der Waals surface area (Å²) >= 11 is 0. The molecular weight excluding hydrogens is 166 g/mol. The lowest BCUT2D eigenvalue weighted by atomic mass is 9.84. The third-order valence-electron chi connectivity index (χ3n) is 2.83. The second-order valence-electron chi connectivity index (χ2n) is 4.21. The van der Waals surface area contributed by atoms with Crippen LogP contribution in [0.25, 0.3) is 0 Å². The van der Waals surface area contributed by atoms with Crippen molar-refractivity contribution < 1.29 is 5.21 Å². The normalized spacial score (nSPS) is 22.5. The lowest BCUT2D eigenvalue weighted by Gasteiger charge is -2.30. The third kappa shape index (κ3) is 2.12. The molecule has 1 aliphatic carbocycles. The van der Waals surface area contributed by atoms with Gasteiger partial charge in [-0.15, -0.1) is 0 Å². The SMILES string of the molecule is CN(C)CC1(/C(N)=N/O)CCCC1. The molecule has 1 aliphatic rings. The summed E-state index contributed by atoms with van der Waals surface area (Å²) in [6, 6.07) is 0. The topological polar surface area (TPSA) is 61.8 Å². The fraction of sp³-hybridized carbons (Fsp3) is 0.889. The molecular formula is C9H19N3O. The smallest absolute Gasteiger partial charge is 0.146 e. The molecule has 0 spiro atoms. The molecule has 1 rings (SSSR count). The highest BCUT2D eigenvalue weighted by atomic mass is 16.4. The second-order valence-corrected chi connectivity index (χ2v) is 4.21. The Kier molecular flexibility index (Phi) is 3.14. The maximum atomic E-state index is 8.72. The summed E-state index contributed by atoms with van der Waals surface area (Å²) in [6.45, 7) is 0.878. The molecule has 0 heterocycles. The van der Waals surface area contributed by atoms with Gasteiger partial charge in [0.15, 0.2) is 0 Å². The van der Waals surface area contributed by atoms with Gasteiger partial charge in [0.25, 0.3) is 0 Å². The Bertz CT molecular complexity index is 195. The fourth-order valence-electron chi connectivity index (χ4n) is 2.26. The Balaban J connectivity index is 2.75. The molecule has 0 amide bonds. The van der Waals surface area contributed by atoms with E-state index in [-0.39, 0.29) is 5.41 Å². The van der Waals surface area contributed by atoms with E-state index in [0.717, 1.165) is 19.4 Å². The van der Waals surface area contributed by atoms with Gasteiger partial charge in [-0.2, -0.15) is 0 Å². The van der Waals surface area contributed by atoms with Crippen LogP contribution in [0, 0.1) is 5.41 Å². The van der Waals surface area contributed by atoms with Crippen molar-refractivity contribution in [3.8, 4) is 0 Å². The predicted octanol–water partition coefficient (Wildman–Crippen LogP) is 0.855. The van der Waals surface area contributed by atoms with Gasteiger partial charge in [-0.25, -0.2) is 0 Å². The van der Waals surface area contributed by atoms with Crippen LogP contribution >= 0.6 is 0 Å². The maximum Gasteiger partial charge on any atom is 0.146 e. The van der Waals surface area contributed by atoms with Crippen LogP contribution < -0.4 is 5.73 Å². The van der Waals surface area contributed by atoms with Crippen molar-refractivity contribution in [3.05, 3.63) is 0 Å². The molecule has 0 unspecified atom stereocenters. The van der Waals surface area contributed by atoms with Crippen molar-refractivity contribution in [2.75, 3.05) is 20.6 Å². The minimum Gasteiger partial charge on any atom is -0.409 e. The molecule has 1 fully saturated rings. The van der Waals surface area contributed by atoms with Gasteiger partial charge in [-0.1, -0.05) is 18.0 Å². The number of oxime groups is 1. The first kappa shape index (κ1) is 10.3. The molecule has 0 saturated heterocycles. The molecule has 0 aromatic heterocycles. The molecule has 0 atom stereocenters. The van der Waals surface area contributed by atoms with Crippen LogP contribution in [-0.2, 0) is 0 Å². The first-order chi connectivity index (χ1) is 6.10. The Labute approximate surface area is 79.4 Å². The fourth-order valence-corrected chi connectivity index (χ4v) is 2.26. The number of hydrogen-bond donors (Lipinski definition) is 2. The zero-order valence-electron chi connectivity index (χ0n) is 8.45. The lowest BCUT2D eigenvalue weighted by molar-refractivity contribution is 0.256. The van der Waals surface area contributed by atoms with Crippen LogP contribution in [0.1, 0.15) is 25.7 Å². The average Bonchev–Trinajstić information content (AvgIpc) is 2.51. The number of amidine groups is 1. The summed E-state index contributed by atoms with van der Waals surface area (Å²) in [7, 11) is 4.04. The van der Waals surface area contributed by atoms with E-state index >= 15 is 0 Å². The van der Waals surface area contributed by atoms with E-state index in [0.29, 0.717) is 5.84 Å². The molecule has 0 aromatic carbocycles. The molecule has 1 saturated carbocycles. The van der Waals surface area contributed by atoms with Crippen LogP contribution in [0.2, 0.25) is 0 Å². The minimum atomic E-state index is -0.0712. The summed E-state index contributed by atoms with van der Waals surface area (Å²) in [5, 5.41) is 11.9. The monoisotopic (exact) mass is 185 g/mol. The first-order valence-corrected chi connectivity index (χ1v) is 4.73. The van der Waals surface area contributed by atoms with E-state index in [2.05, 4.69) is 10.1 Å². The zero-order chi connectivity index (χ0) is 9.90. The second kappa shape index (κ2) is 3.96. The standard InChI is InChI=1S/C9H19N3O/c1-12(2)7-9(8(10)11-13)5-3-4-6-9/h13H,3-7H2,1-2H3,(H2,10,11). The van der Waals surface area contributed by atoms with Gasteiger partial charge in [0.05, 0.1) is 0 Å². The highest BCUT2D eigenvalue weighted by molar-refractivity contribution is 5.86. The van der Waals surface area contributed by atoms with E-state index in [1.807, 2.05) is 14.1 Å². The van der Waals surface area contributed by atoms with E-state index in [1.165, 1.54) is 12.8 Å². The first-order valence-electron chi connectivity index (χ1n) is 4.73. The summed E-state index contributed by atoms with van der Waals surface area (Å²) in [5.74, 6) is 0.402. The van der Waals surface area contributed by atoms with E-state index in [4.69, 9.17) is 10.9 Å². The van der Waals surface area contributed by atoms with Crippen molar-refractivity contribution in [2.24, 2.45) is 16.3 Å². The highest BCUT2D eigenvalue weighted by Crippen LogP contribution is 2.38. The Morgan fingerprint density at radius 1 is 1.46 bits per heavy atom. The van der Waals surface area contributed by atoms with Gasteiger partial charge in [-0.05, 0) is 26.9 Å². The van der Waals surface area contributed by atoms with Crippen LogP contribution in [0.3, 0.4) is 0 Å². The van der Waals surface area contributed by atoms with Gasteiger partial charge in [0, 0.05) is 12.0 Å². The summed E-state index contributed by atoms with van der Waals surface area (Å²) < 4.78 is 0. The largest absolute Gasteiger partial charge is 0.409 e. The Morgan fingerprint density at radius 3 is 2.38 bits per heavy atom. The van der Waals surface area contributed by atoms with E-state index in [1.54, 1.807) is 0 Å². The van der Waals surface area contributed by atoms with E-state index in [9.17, 15) is 0 Å². The molecule has 4 heteroatoms. The van der Waals surface area contributed by atoms with Gasteiger partial charge in [-0.3, -0.25) is 0 Å². The van der Waals surface area contributed by atoms with Crippen molar-refractivity contribution in [1.82, 2.24) is 4.90 Å². The summed E-state index contributed by atoms with van der Waals surface area (Å²) in [4.78, 5) is 2.10. The number of rotatable bonds is 3. The van der Waals surface area contributed by atoms with Gasteiger partial charge >= 0.3 is 0 Å². The molecule has 3 N–H and O–H groups in total. The van der Waals surface area contributed by atoms with E-state index < -0.39 is 0 Å². The molecule has 76 valence electrons. The molecule has 0 bridgehead atoms. The van der Waals surface area contributed by atoms with Crippen molar-refractivity contribution in [3.63, 3.8) is 0 Å². The zero-order valence-corrected chi connectivity index (χ0v) is 8.45. The van der Waals surface area contributed by atoms with Crippen LogP contribution in [0.15, 0.2) is 5.16 Å². The number of hydrogen-bond acceptors (Lipinski definition) is 3. The lowest BCUT2D eigenvalue weighted by Crippen LogP contribution is -2.42. The molecule has 0 aliphatic heterocycles. The predicted molar refractivity (Wildman–Crippen MR) is 52.9 cm³/mol. The van der Waals surface area contributed by atoms with Crippen LogP contribution in [-0.4, -0.2) is 36.6 Å². The molecule has 0 radical (unpaired) electrons. The van der Waals surface area contributed by atoms with Crippen molar-refractivity contribution >= 4 is 5.84 Å². The number of nitrogens with zero attached hydrogens (tertiary/aromatic N) is 2. The molecule has 0 aromatic rings.